The van der Waals surface area contributed by atoms with Crippen LogP contribution in [0.4, 0.5) is 0 Å². The van der Waals surface area contributed by atoms with Gasteiger partial charge in [-0.1, -0.05) is 24.3 Å². The molecule has 45 heavy (non-hydrogen) atoms. The van der Waals surface area contributed by atoms with E-state index in [1.54, 1.807) is 42.6 Å². The summed E-state index contributed by atoms with van der Waals surface area (Å²) in [6.07, 6.45) is 6.94. The molecule has 0 spiro atoms. The number of ketones is 2. The second-order valence-electron chi connectivity index (χ2n) is 9.59. The van der Waals surface area contributed by atoms with Gasteiger partial charge in [0.05, 0.1) is 72.0 Å². The number of carbonyl (C=O) groups is 2. The third-order valence-electron chi connectivity index (χ3n) is 5.96. The molecule has 0 heterocycles. The van der Waals surface area contributed by atoms with Crippen LogP contribution in [-0.4, -0.2) is 93.2 Å². The first-order valence-electron chi connectivity index (χ1n) is 14.3. The smallest absolute Gasteiger partial charge is 0.163 e. The Labute approximate surface area is 263 Å². The van der Waals surface area contributed by atoms with Gasteiger partial charge in [-0.15, -0.1) is 0 Å². The van der Waals surface area contributed by atoms with Gasteiger partial charge in [0.15, 0.2) is 23.1 Å². The first-order valence-corrected chi connectivity index (χ1v) is 14.3. The van der Waals surface area contributed by atoms with Crippen molar-refractivity contribution in [2.24, 2.45) is 17.3 Å². The van der Waals surface area contributed by atoms with Crippen LogP contribution in [0.5, 0.6) is 17.2 Å². The minimum absolute atomic E-state index is 0.0329. The number of phenols is 1. The molecule has 13 heteroatoms. The summed E-state index contributed by atoms with van der Waals surface area (Å²) in [5, 5.41) is 20.3. The van der Waals surface area contributed by atoms with E-state index >= 15 is 0 Å². The number of nitrogens with two attached hydrogens (primary N) is 3. The van der Waals surface area contributed by atoms with Gasteiger partial charge in [-0.05, 0) is 47.5 Å². The number of hydrogen-bond donors (Lipinski definition) is 5. The molecule has 2 aromatic rings. The number of aliphatic hydroxyl groups excluding tert-OH is 1. The Hall–Kier alpha value is -4.24. The maximum Gasteiger partial charge on any atom is 0.163 e. The monoisotopic (exact) mass is 628 g/mol. The fourth-order valence-corrected chi connectivity index (χ4v) is 3.68. The predicted octanol–water partition coefficient (Wildman–Crippen LogP) is 1.51. The lowest BCUT2D eigenvalue weighted by molar-refractivity contribution is -0.121. The number of aromatic hydroxyl groups is 1. The van der Waals surface area contributed by atoms with E-state index in [4.69, 9.17) is 41.0 Å². The number of benzene rings is 2. The van der Waals surface area contributed by atoms with Gasteiger partial charge in [0.1, 0.15) is 12.4 Å². The SMILES string of the molecule is COc1cc(/C=C/C(=O)CC(=O)/C=C/c2ccc(O)c(CO)c2)ccc1OC/C(N)=C/N(N)CCOCCOCCOCCN. The van der Waals surface area contributed by atoms with Crippen molar-refractivity contribution in [2.45, 2.75) is 13.0 Å². The Bertz CT molecular complexity index is 1300. The standard InChI is InChI=1S/C32H44N4O9/c1-41-32-19-25(3-7-29(39)20-28(38)6-2-24-4-8-30(40)26(18-24)22-37)5-9-31(32)45-23-27(34)21-36(35)11-13-43-15-17-44-16-14-42-12-10-33/h2-9,18-19,21,37,40H,10-17,20,22-23,33-35H2,1H3/b6-2+,7-3+,27-21-. The van der Waals surface area contributed by atoms with Crippen molar-refractivity contribution >= 4 is 23.7 Å². The van der Waals surface area contributed by atoms with Gasteiger partial charge in [0.25, 0.3) is 0 Å². The van der Waals surface area contributed by atoms with Crippen LogP contribution in [0, 0.1) is 0 Å². The number of aliphatic hydroxyl groups is 1. The molecule has 0 unspecified atom stereocenters. The van der Waals surface area contributed by atoms with Crippen LogP contribution < -0.4 is 26.8 Å². The number of ether oxygens (including phenoxy) is 5. The Balaban J connectivity index is 1.76. The molecular formula is C32H44N4O9. The molecule has 0 aliphatic carbocycles. The maximum absolute atomic E-state index is 12.3. The number of rotatable bonds is 23. The van der Waals surface area contributed by atoms with Crippen molar-refractivity contribution in [1.82, 2.24) is 5.01 Å². The van der Waals surface area contributed by atoms with Crippen molar-refractivity contribution in [2.75, 3.05) is 66.4 Å². The zero-order valence-corrected chi connectivity index (χ0v) is 25.6. The molecule has 8 N–H and O–H groups in total. The van der Waals surface area contributed by atoms with Crippen LogP contribution in [0.1, 0.15) is 23.1 Å². The van der Waals surface area contributed by atoms with E-state index in [2.05, 4.69) is 0 Å². The van der Waals surface area contributed by atoms with E-state index in [1.165, 1.54) is 36.4 Å². The molecule has 2 rings (SSSR count). The highest BCUT2D eigenvalue weighted by atomic mass is 16.5. The summed E-state index contributed by atoms with van der Waals surface area (Å²) in [6, 6.07) is 9.68. The highest BCUT2D eigenvalue weighted by Crippen LogP contribution is 2.29. The Morgan fingerprint density at radius 1 is 0.867 bits per heavy atom. The lowest BCUT2D eigenvalue weighted by Crippen LogP contribution is -2.31. The van der Waals surface area contributed by atoms with Crippen LogP contribution in [0.25, 0.3) is 12.2 Å². The predicted molar refractivity (Wildman–Crippen MR) is 170 cm³/mol. The van der Waals surface area contributed by atoms with Gasteiger partial charge in [0.2, 0.25) is 0 Å². The van der Waals surface area contributed by atoms with E-state index in [1.807, 2.05) is 0 Å². The van der Waals surface area contributed by atoms with E-state index in [-0.39, 0.29) is 37.0 Å². The lowest BCUT2D eigenvalue weighted by atomic mass is 10.1. The molecule has 0 atom stereocenters. The van der Waals surface area contributed by atoms with Crippen LogP contribution in [0.15, 0.2) is 60.4 Å². The summed E-state index contributed by atoms with van der Waals surface area (Å²) in [6.45, 7) is 3.37. The van der Waals surface area contributed by atoms with Gasteiger partial charge in [-0.3, -0.25) is 9.59 Å². The Morgan fingerprint density at radius 2 is 1.47 bits per heavy atom. The van der Waals surface area contributed by atoms with E-state index in [9.17, 15) is 19.8 Å². The summed E-state index contributed by atoms with van der Waals surface area (Å²) in [5.41, 5.74) is 13.4. The average Bonchev–Trinajstić information content (AvgIpc) is 3.03. The van der Waals surface area contributed by atoms with E-state index < -0.39 is 0 Å². The minimum Gasteiger partial charge on any atom is -0.508 e. The fourth-order valence-electron chi connectivity index (χ4n) is 3.68. The molecule has 13 nitrogen and oxygen atoms in total. The van der Waals surface area contributed by atoms with Gasteiger partial charge >= 0.3 is 0 Å². The number of carbonyl (C=O) groups excluding carboxylic acids is 2. The summed E-state index contributed by atoms with van der Waals surface area (Å²) in [5.74, 6) is 6.03. The third-order valence-corrected chi connectivity index (χ3v) is 5.96. The van der Waals surface area contributed by atoms with Crippen LogP contribution in [0.3, 0.4) is 0 Å². The Kier molecular flexibility index (Phi) is 17.6. The normalized spacial score (nSPS) is 11.8. The molecule has 0 aromatic heterocycles. The Morgan fingerprint density at radius 3 is 2.09 bits per heavy atom. The van der Waals surface area contributed by atoms with Crippen molar-refractivity contribution in [3.63, 3.8) is 0 Å². The highest BCUT2D eigenvalue weighted by molar-refractivity contribution is 6.10. The molecule has 0 fully saturated rings. The van der Waals surface area contributed by atoms with Gasteiger partial charge in [-0.25, -0.2) is 5.84 Å². The van der Waals surface area contributed by atoms with E-state index in [0.29, 0.717) is 86.6 Å². The molecule has 2 aromatic carbocycles. The summed E-state index contributed by atoms with van der Waals surface area (Å²) < 4.78 is 27.3. The van der Waals surface area contributed by atoms with Gasteiger partial charge < -0.3 is 50.4 Å². The number of hydrazine groups is 1. The molecule has 0 bridgehead atoms. The number of hydrogen-bond acceptors (Lipinski definition) is 13. The van der Waals surface area contributed by atoms with Crippen LogP contribution in [-0.2, 0) is 30.4 Å². The molecule has 0 amide bonds. The molecule has 0 saturated heterocycles. The number of nitrogens with zero attached hydrogens (tertiary/aromatic N) is 1. The summed E-state index contributed by atoms with van der Waals surface area (Å²) in [4.78, 5) is 24.5. The first kappa shape index (κ1) is 36.9. The van der Waals surface area contributed by atoms with Crippen molar-refractivity contribution < 1.29 is 43.5 Å². The largest absolute Gasteiger partial charge is 0.508 e. The quantitative estimate of drug-likeness (QED) is 0.0390. The molecular weight excluding hydrogens is 584 g/mol. The highest BCUT2D eigenvalue weighted by Gasteiger charge is 2.08. The molecule has 0 saturated carbocycles. The van der Waals surface area contributed by atoms with Crippen LogP contribution >= 0.6 is 0 Å². The number of methoxy groups -OCH3 is 1. The minimum atomic E-state index is -0.385. The van der Waals surface area contributed by atoms with Crippen molar-refractivity contribution in [3.8, 4) is 17.2 Å². The zero-order valence-electron chi connectivity index (χ0n) is 25.6. The van der Waals surface area contributed by atoms with Gasteiger partial charge in [0, 0.05) is 18.3 Å². The molecule has 0 aliphatic rings. The topological polar surface area (TPSA) is 202 Å². The van der Waals surface area contributed by atoms with Crippen molar-refractivity contribution in [3.05, 3.63) is 77.1 Å². The molecule has 0 radical (unpaired) electrons. The zero-order chi connectivity index (χ0) is 32.9. The summed E-state index contributed by atoms with van der Waals surface area (Å²) in [7, 11) is 1.49. The second-order valence-corrected chi connectivity index (χ2v) is 9.59. The van der Waals surface area contributed by atoms with E-state index in [0.717, 1.165) is 0 Å². The lowest BCUT2D eigenvalue weighted by Gasteiger charge is -2.16. The average molecular weight is 629 g/mol. The van der Waals surface area contributed by atoms with Gasteiger partial charge in [-0.2, -0.15) is 0 Å². The second kappa shape index (κ2) is 21.5. The molecule has 246 valence electrons. The first-order chi connectivity index (χ1) is 21.7. The molecule has 0 aliphatic heterocycles. The van der Waals surface area contributed by atoms with Crippen LogP contribution in [0.2, 0.25) is 0 Å². The van der Waals surface area contributed by atoms with Crippen molar-refractivity contribution in [1.29, 1.82) is 0 Å². The fraction of sp³-hybridized carbons (Fsp3) is 0.375. The number of allylic oxidation sites excluding steroid dienone is 2. The summed E-state index contributed by atoms with van der Waals surface area (Å²) >= 11 is 0. The maximum atomic E-state index is 12.3. The third kappa shape index (κ3) is 15.4.